The van der Waals surface area contributed by atoms with Gasteiger partial charge in [-0.3, -0.25) is 14.2 Å². The second-order valence-electron chi connectivity index (χ2n) is 16.3. The molecule has 1 saturated heterocycles. The number of methoxy groups -OCH3 is 1. The number of carbonyl (C=O) groups excluding carboxylic acids is 3. The predicted molar refractivity (Wildman–Crippen MR) is 201 cm³/mol. The number of hydrogen-bond donors (Lipinski definition) is 4. The van der Waals surface area contributed by atoms with Crippen molar-refractivity contribution in [3.05, 3.63) is 87.6 Å². The van der Waals surface area contributed by atoms with E-state index in [1.165, 1.54) is 42.1 Å². The minimum absolute atomic E-state index is 0.0576. The van der Waals surface area contributed by atoms with Crippen LogP contribution in [-0.2, 0) is 37.1 Å². The van der Waals surface area contributed by atoms with Crippen molar-refractivity contribution in [3.63, 3.8) is 0 Å². The first-order valence-corrected chi connectivity index (χ1v) is 18.8. The van der Waals surface area contributed by atoms with Gasteiger partial charge >= 0.3 is 25.3 Å². The summed E-state index contributed by atoms with van der Waals surface area (Å²) in [5, 5.41) is 11.5. The molecule has 13 nitrogen and oxygen atoms in total. The van der Waals surface area contributed by atoms with Crippen LogP contribution >= 0.6 is 0 Å². The number of alkyl halides is 3. The van der Waals surface area contributed by atoms with E-state index in [9.17, 15) is 32.3 Å². The zero-order valence-corrected chi connectivity index (χ0v) is 32.1. The van der Waals surface area contributed by atoms with Crippen molar-refractivity contribution in [2.75, 3.05) is 17.7 Å². The van der Waals surface area contributed by atoms with Crippen molar-refractivity contribution >= 4 is 36.4 Å². The van der Waals surface area contributed by atoms with Crippen LogP contribution in [0.15, 0.2) is 59.5 Å². The lowest BCUT2D eigenvalue weighted by molar-refractivity contribution is -0.185. The first-order valence-electron chi connectivity index (χ1n) is 18.8. The van der Waals surface area contributed by atoms with Gasteiger partial charge in [-0.05, 0) is 80.2 Å². The number of rotatable bonds is 10. The highest BCUT2D eigenvalue weighted by Crippen LogP contribution is 2.64. The van der Waals surface area contributed by atoms with Crippen molar-refractivity contribution in [2.45, 2.75) is 102 Å². The molecule has 2 unspecified atom stereocenters. The van der Waals surface area contributed by atoms with Gasteiger partial charge in [-0.1, -0.05) is 45.0 Å². The Kier molecular flexibility index (Phi) is 10.0. The van der Waals surface area contributed by atoms with Crippen LogP contribution in [0.3, 0.4) is 0 Å². The molecule has 298 valence electrons. The van der Waals surface area contributed by atoms with Gasteiger partial charge in [0, 0.05) is 13.0 Å². The third kappa shape index (κ3) is 6.92. The summed E-state index contributed by atoms with van der Waals surface area (Å²) in [7, 11) is 0.493. The second-order valence-corrected chi connectivity index (χ2v) is 16.3. The minimum Gasteiger partial charge on any atom is -0.465 e. The fourth-order valence-corrected chi connectivity index (χ4v) is 9.07. The van der Waals surface area contributed by atoms with Gasteiger partial charge in [-0.2, -0.15) is 13.2 Å². The third-order valence-corrected chi connectivity index (χ3v) is 12.3. The molecule has 2 aromatic carbocycles. The van der Waals surface area contributed by atoms with Crippen molar-refractivity contribution in [1.82, 2.24) is 20.2 Å². The molecule has 56 heavy (non-hydrogen) atoms. The summed E-state index contributed by atoms with van der Waals surface area (Å²) >= 11 is 0. The lowest BCUT2D eigenvalue weighted by Crippen LogP contribution is -2.63. The normalized spacial score (nSPS) is 27.6. The SMILES string of the molecule is CC[C@H](NC(=O)[C@@H]1C[C@@](C)(NC(=O)Nc2ccccc2C(=O)OC)c2ncc(NCc3cccc(C(F)(F)F)c3)c(=O)n21)B1O[C@@H]2C3CC(C[C@]2(C)O1)C3(C)C. The largest absolute Gasteiger partial charge is 0.481 e. The van der Waals surface area contributed by atoms with Gasteiger partial charge in [0.05, 0.1) is 53.3 Å². The fourth-order valence-electron chi connectivity index (χ4n) is 9.07. The Balaban J connectivity index is 1.16. The molecule has 7 atom stereocenters. The highest BCUT2D eigenvalue weighted by molar-refractivity contribution is 6.47. The number of nitrogens with zero attached hydrogens (tertiary/aromatic N) is 2. The Labute approximate surface area is 322 Å². The number of benzene rings is 2. The molecule has 5 aliphatic rings. The number of nitrogens with one attached hydrogen (secondary N) is 4. The molecule has 17 heteroatoms. The number of fused-ring (bicyclic) bond motifs is 1. The van der Waals surface area contributed by atoms with E-state index in [0.717, 1.165) is 25.0 Å². The van der Waals surface area contributed by atoms with E-state index in [0.29, 0.717) is 18.3 Å². The molecular weight excluding hydrogens is 732 g/mol. The van der Waals surface area contributed by atoms with Gasteiger partial charge in [0.2, 0.25) is 5.91 Å². The first-order chi connectivity index (χ1) is 26.4. The van der Waals surface area contributed by atoms with Gasteiger partial charge in [0.25, 0.3) is 5.56 Å². The van der Waals surface area contributed by atoms with Crippen LogP contribution in [0.4, 0.5) is 29.3 Å². The molecule has 2 bridgehead atoms. The van der Waals surface area contributed by atoms with Gasteiger partial charge in [0.1, 0.15) is 17.6 Å². The summed E-state index contributed by atoms with van der Waals surface area (Å²) in [6.45, 7) is 9.98. The smallest absolute Gasteiger partial charge is 0.465 e. The summed E-state index contributed by atoms with van der Waals surface area (Å²) in [6, 6.07) is 9.06. The van der Waals surface area contributed by atoms with Crippen LogP contribution in [0.1, 0.15) is 93.7 Å². The number of anilines is 2. The average molecular weight is 779 g/mol. The summed E-state index contributed by atoms with van der Waals surface area (Å²) in [5.41, 5.74) is -2.74. The molecule has 3 saturated carbocycles. The van der Waals surface area contributed by atoms with E-state index in [4.69, 9.17) is 14.0 Å². The summed E-state index contributed by atoms with van der Waals surface area (Å²) in [4.78, 5) is 59.1. The third-order valence-electron chi connectivity index (χ3n) is 12.3. The number of aromatic nitrogens is 2. The van der Waals surface area contributed by atoms with Crippen LogP contribution in [0.25, 0.3) is 0 Å². The number of carbonyl (C=O) groups is 3. The van der Waals surface area contributed by atoms with Gasteiger partial charge in [-0.15, -0.1) is 0 Å². The number of hydrogen-bond acceptors (Lipinski definition) is 9. The van der Waals surface area contributed by atoms with Crippen molar-refractivity contribution in [1.29, 1.82) is 0 Å². The highest BCUT2D eigenvalue weighted by atomic mass is 19.4. The topological polar surface area (TPSA) is 162 Å². The summed E-state index contributed by atoms with van der Waals surface area (Å²) in [5.74, 6) is -0.843. The van der Waals surface area contributed by atoms with Crippen molar-refractivity contribution in [2.24, 2.45) is 17.3 Å². The Hall–Kier alpha value is -4.90. The quantitative estimate of drug-likeness (QED) is 0.147. The van der Waals surface area contributed by atoms with Crippen LogP contribution in [0, 0.1) is 17.3 Å². The van der Waals surface area contributed by atoms with E-state index in [2.05, 4.69) is 47.0 Å². The number of esters is 1. The maximum atomic E-state index is 14.4. The summed E-state index contributed by atoms with van der Waals surface area (Å²) < 4.78 is 59.4. The average Bonchev–Trinajstić information content (AvgIpc) is 3.67. The number of para-hydroxylation sites is 1. The number of urea groups is 1. The van der Waals surface area contributed by atoms with Crippen LogP contribution in [0.5, 0.6) is 0 Å². The molecule has 3 amide bonds. The van der Waals surface area contributed by atoms with E-state index in [-0.39, 0.29) is 52.8 Å². The second kappa shape index (κ2) is 14.2. The zero-order chi connectivity index (χ0) is 40.4. The lowest BCUT2D eigenvalue weighted by atomic mass is 9.45. The maximum absolute atomic E-state index is 14.4. The Morgan fingerprint density at radius 2 is 1.82 bits per heavy atom. The molecule has 0 spiro atoms. The molecule has 8 rings (SSSR count). The molecule has 3 aliphatic carbocycles. The highest BCUT2D eigenvalue weighted by Gasteiger charge is 2.67. The van der Waals surface area contributed by atoms with Crippen LogP contribution in [0.2, 0.25) is 0 Å². The van der Waals surface area contributed by atoms with E-state index in [1.807, 2.05) is 6.92 Å². The Morgan fingerprint density at radius 1 is 1.07 bits per heavy atom. The van der Waals surface area contributed by atoms with E-state index in [1.54, 1.807) is 19.1 Å². The maximum Gasteiger partial charge on any atom is 0.481 e. The summed E-state index contributed by atoms with van der Waals surface area (Å²) in [6.07, 6.45) is -1.15. The van der Waals surface area contributed by atoms with E-state index < -0.39 is 65.4 Å². The first kappa shape index (κ1) is 39.3. The standard InChI is InChI=1S/C39H46BF3N6O7/c1-7-29(40-55-30-25-16-23(36(25,2)3)17-38(30,5)56-40)47-31(50)28-18-37(4,48-35(53)46-26-14-9-8-13-24(26)33(52)54-6)34-45-20-27(32(51)49(28)34)44-19-21-11-10-12-22(15-21)39(41,42)43/h8-15,20,23,25,28-30,44H,7,16-19H2,1-6H3,(H,47,50)(H2,46,48,53)/t23?,25?,28-,29-,30+,37+,38-/m0/s1. The predicted octanol–water partition coefficient (Wildman–Crippen LogP) is 5.80. The minimum atomic E-state index is -4.55. The van der Waals surface area contributed by atoms with Crippen LogP contribution in [-0.4, -0.2) is 59.3 Å². The Bertz CT molecular complexity index is 2120. The van der Waals surface area contributed by atoms with E-state index >= 15 is 0 Å². The lowest BCUT2D eigenvalue weighted by Gasteiger charge is -2.63. The van der Waals surface area contributed by atoms with Gasteiger partial charge in [0.15, 0.2) is 0 Å². The molecule has 0 radical (unpaired) electrons. The molecule has 3 heterocycles. The molecule has 4 N–H and O–H groups in total. The monoisotopic (exact) mass is 778 g/mol. The molecular formula is C39H46BF3N6O7. The van der Waals surface area contributed by atoms with Crippen molar-refractivity contribution in [3.8, 4) is 0 Å². The molecule has 2 aliphatic heterocycles. The van der Waals surface area contributed by atoms with Gasteiger partial charge in [-0.25, -0.2) is 14.6 Å². The van der Waals surface area contributed by atoms with Crippen LogP contribution < -0.4 is 26.8 Å². The Morgan fingerprint density at radius 3 is 2.52 bits per heavy atom. The molecule has 4 fully saturated rings. The number of halogens is 3. The molecule has 3 aromatic rings. The zero-order valence-electron chi connectivity index (χ0n) is 32.1. The fraction of sp³-hybridized carbons (Fsp3) is 0.513. The molecule has 1 aromatic heterocycles. The number of amides is 3. The van der Waals surface area contributed by atoms with Gasteiger partial charge < -0.3 is 35.3 Å². The number of ether oxygens (including phenoxy) is 1. The van der Waals surface area contributed by atoms with Crippen molar-refractivity contribution < 1.29 is 41.6 Å².